The maximum atomic E-state index is 12.0. The number of ketones is 2. The zero-order valence-electron chi connectivity index (χ0n) is 10.6. The van der Waals surface area contributed by atoms with Gasteiger partial charge in [0, 0.05) is 5.57 Å². The number of benzene rings is 2. The van der Waals surface area contributed by atoms with Crippen LogP contribution in [0.4, 0.5) is 0 Å². The van der Waals surface area contributed by atoms with Crippen LogP contribution in [0.2, 0.25) is 0 Å². The summed E-state index contributed by atoms with van der Waals surface area (Å²) in [5, 5.41) is 2.30. The van der Waals surface area contributed by atoms with Crippen LogP contribution in [0.1, 0.15) is 11.1 Å². The summed E-state index contributed by atoms with van der Waals surface area (Å²) in [6.07, 6.45) is 6.09. The fourth-order valence-electron chi connectivity index (χ4n) is 2.89. The molecule has 4 rings (SSSR count). The molecule has 0 amide bonds. The summed E-state index contributed by atoms with van der Waals surface area (Å²) in [5.41, 5.74) is 3.46. The van der Waals surface area contributed by atoms with Gasteiger partial charge in [-0.25, -0.2) is 0 Å². The number of hydrogen-bond acceptors (Lipinski definition) is 2. The molecule has 0 radical (unpaired) electrons. The molecular formula is C18H10O2. The van der Waals surface area contributed by atoms with Gasteiger partial charge in [0.25, 0.3) is 0 Å². The molecule has 0 aliphatic heterocycles. The monoisotopic (exact) mass is 258 g/mol. The first-order valence-electron chi connectivity index (χ1n) is 6.46. The van der Waals surface area contributed by atoms with Gasteiger partial charge in [-0.2, -0.15) is 0 Å². The molecule has 94 valence electrons. The lowest BCUT2D eigenvalue weighted by Gasteiger charge is -2.10. The Bertz CT molecular complexity index is 874. The van der Waals surface area contributed by atoms with Crippen molar-refractivity contribution in [1.29, 1.82) is 0 Å². The molecule has 2 aliphatic carbocycles. The second kappa shape index (κ2) is 3.87. The molecule has 0 N–H and O–H groups in total. The molecule has 0 heterocycles. The standard InChI is InChI=1S/C18H10O2/c19-13-7-8-17(20)16(10-13)15-9-12-5-1-3-11-4-2-6-14(15)18(11)12/h1-10H. The number of rotatable bonds is 1. The minimum Gasteiger partial charge on any atom is -0.290 e. The lowest BCUT2D eigenvalue weighted by atomic mass is 9.92. The lowest BCUT2D eigenvalue weighted by Crippen LogP contribution is -2.08. The van der Waals surface area contributed by atoms with E-state index in [0.717, 1.165) is 27.5 Å². The molecule has 0 aromatic heterocycles. The summed E-state index contributed by atoms with van der Waals surface area (Å²) >= 11 is 0. The van der Waals surface area contributed by atoms with Crippen molar-refractivity contribution in [3.05, 3.63) is 71.3 Å². The van der Waals surface area contributed by atoms with E-state index in [0.29, 0.717) is 5.57 Å². The molecule has 0 bridgehead atoms. The Balaban J connectivity index is 1.98. The highest BCUT2D eigenvalue weighted by Crippen LogP contribution is 2.40. The van der Waals surface area contributed by atoms with Crippen LogP contribution in [0.3, 0.4) is 0 Å². The first-order valence-corrected chi connectivity index (χ1v) is 6.46. The normalized spacial score (nSPS) is 16.6. The fourth-order valence-corrected chi connectivity index (χ4v) is 2.89. The quantitative estimate of drug-likeness (QED) is 0.735. The number of carbonyl (C=O) groups excluding carboxylic acids is 2. The van der Waals surface area contributed by atoms with E-state index in [1.54, 1.807) is 0 Å². The molecule has 20 heavy (non-hydrogen) atoms. The van der Waals surface area contributed by atoms with E-state index in [1.807, 2.05) is 30.3 Å². The second-order valence-corrected chi connectivity index (χ2v) is 4.97. The van der Waals surface area contributed by atoms with Crippen LogP contribution < -0.4 is 0 Å². The van der Waals surface area contributed by atoms with Crippen LogP contribution in [-0.4, -0.2) is 11.6 Å². The minimum absolute atomic E-state index is 0.111. The highest BCUT2D eigenvalue weighted by molar-refractivity contribution is 6.29. The van der Waals surface area contributed by atoms with Crippen molar-refractivity contribution < 1.29 is 9.59 Å². The van der Waals surface area contributed by atoms with Crippen LogP contribution in [0, 0.1) is 0 Å². The Morgan fingerprint density at radius 2 is 1.55 bits per heavy atom. The molecule has 0 atom stereocenters. The van der Waals surface area contributed by atoms with Crippen molar-refractivity contribution in [2.75, 3.05) is 0 Å². The van der Waals surface area contributed by atoms with Crippen molar-refractivity contribution in [3.8, 4) is 0 Å². The molecule has 2 aromatic carbocycles. The predicted molar refractivity (Wildman–Crippen MR) is 79.1 cm³/mol. The van der Waals surface area contributed by atoms with Gasteiger partial charge in [-0.3, -0.25) is 9.59 Å². The van der Waals surface area contributed by atoms with Crippen molar-refractivity contribution in [1.82, 2.24) is 0 Å². The van der Waals surface area contributed by atoms with Crippen molar-refractivity contribution in [3.63, 3.8) is 0 Å². The third-order valence-corrected chi connectivity index (χ3v) is 3.77. The Morgan fingerprint density at radius 3 is 2.40 bits per heavy atom. The van der Waals surface area contributed by atoms with Gasteiger partial charge in [-0.1, -0.05) is 36.4 Å². The largest absolute Gasteiger partial charge is 0.290 e. The van der Waals surface area contributed by atoms with Gasteiger partial charge in [0.1, 0.15) is 0 Å². The average Bonchev–Trinajstić information content (AvgIpc) is 2.83. The van der Waals surface area contributed by atoms with Crippen LogP contribution in [-0.2, 0) is 9.59 Å². The minimum atomic E-state index is -0.136. The van der Waals surface area contributed by atoms with Crippen LogP contribution in [0.5, 0.6) is 0 Å². The lowest BCUT2D eigenvalue weighted by molar-refractivity contribution is -0.114. The Morgan fingerprint density at radius 1 is 0.750 bits per heavy atom. The van der Waals surface area contributed by atoms with Crippen molar-refractivity contribution in [2.24, 2.45) is 0 Å². The Kier molecular flexibility index (Phi) is 2.15. The molecule has 0 saturated carbocycles. The van der Waals surface area contributed by atoms with E-state index in [-0.39, 0.29) is 11.6 Å². The molecular weight excluding hydrogens is 248 g/mol. The summed E-state index contributed by atoms with van der Waals surface area (Å²) in [7, 11) is 0. The number of carbonyl (C=O) groups is 2. The van der Waals surface area contributed by atoms with E-state index < -0.39 is 0 Å². The van der Waals surface area contributed by atoms with Crippen molar-refractivity contribution >= 4 is 34.0 Å². The van der Waals surface area contributed by atoms with Gasteiger partial charge in [0.15, 0.2) is 11.6 Å². The van der Waals surface area contributed by atoms with Gasteiger partial charge in [0.05, 0.1) is 0 Å². The van der Waals surface area contributed by atoms with Gasteiger partial charge in [-0.15, -0.1) is 0 Å². The van der Waals surface area contributed by atoms with Gasteiger partial charge in [0.2, 0.25) is 0 Å². The van der Waals surface area contributed by atoms with Crippen LogP contribution in [0.25, 0.3) is 22.4 Å². The number of hydrogen-bond donors (Lipinski definition) is 0. The zero-order chi connectivity index (χ0) is 13.7. The molecule has 2 nitrogen and oxygen atoms in total. The zero-order valence-corrected chi connectivity index (χ0v) is 10.6. The third kappa shape index (κ3) is 1.45. The maximum Gasteiger partial charge on any atom is 0.186 e. The van der Waals surface area contributed by atoms with Gasteiger partial charge in [-0.05, 0) is 51.8 Å². The second-order valence-electron chi connectivity index (χ2n) is 4.97. The molecule has 2 aromatic rings. The van der Waals surface area contributed by atoms with Crippen LogP contribution in [0.15, 0.2) is 60.2 Å². The van der Waals surface area contributed by atoms with Crippen LogP contribution >= 0.6 is 0 Å². The first-order chi connectivity index (χ1) is 9.74. The average molecular weight is 258 g/mol. The van der Waals surface area contributed by atoms with Crippen molar-refractivity contribution in [2.45, 2.75) is 0 Å². The number of allylic oxidation sites excluding steroid dienone is 5. The van der Waals surface area contributed by atoms with E-state index in [1.165, 1.54) is 18.2 Å². The molecule has 2 aliphatic rings. The van der Waals surface area contributed by atoms with Gasteiger partial charge < -0.3 is 0 Å². The van der Waals surface area contributed by atoms with E-state index >= 15 is 0 Å². The highest BCUT2D eigenvalue weighted by atomic mass is 16.1. The Hall–Kier alpha value is -2.74. The molecule has 0 fully saturated rings. The van der Waals surface area contributed by atoms with E-state index in [4.69, 9.17) is 0 Å². The van der Waals surface area contributed by atoms with Gasteiger partial charge >= 0.3 is 0 Å². The smallest absolute Gasteiger partial charge is 0.186 e. The Labute approximate surface area is 115 Å². The highest BCUT2D eigenvalue weighted by Gasteiger charge is 2.24. The summed E-state index contributed by atoms with van der Waals surface area (Å²) in [6.45, 7) is 0. The first kappa shape index (κ1) is 11.1. The summed E-state index contributed by atoms with van der Waals surface area (Å²) in [5.74, 6) is -0.246. The molecule has 2 heteroatoms. The predicted octanol–water partition coefficient (Wildman–Crippen LogP) is 3.33. The third-order valence-electron chi connectivity index (χ3n) is 3.77. The topological polar surface area (TPSA) is 34.1 Å². The summed E-state index contributed by atoms with van der Waals surface area (Å²) < 4.78 is 0. The van der Waals surface area contributed by atoms with E-state index in [9.17, 15) is 9.59 Å². The van der Waals surface area contributed by atoms with E-state index in [2.05, 4.69) is 12.1 Å². The summed E-state index contributed by atoms with van der Waals surface area (Å²) in [4.78, 5) is 23.6. The molecule has 0 saturated heterocycles. The fraction of sp³-hybridized carbons (Fsp3) is 0. The summed E-state index contributed by atoms with van der Waals surface area (Å²) in [6, 6.07) is 12.1. The molecule has 0 spiro atoms. The maximum absolute atomic E-state index is 12.0. The molecule has 0 unspecified atom stereocenters. The SMILES string of the molecule is O=C1C=CC(=O)C(C2=Cc3cccc4cccc2c34)=C1.